The van der Waals surface area contributed by atoms with Crippen LogP contribution in [-0.2, 0) is 4.79 Å². The van der Waals surface area contributed by atoms with Crippen LogP contribution >= 0.6 is 43.5 Å². The van der Waals surface area contributed by atoms with Gasteiger partial charge in [0, 0.05) is 16.3 Å². The van der Waals surface area contributed by atoms with Crippen LogP contribution in [0.5, 0.6) is 5.75 Å². The Labute approximate surface area is 207 Å². The molecule has 0 fully saturated rings. The summed E-state index contributed by atoms with van der Waals surface area (Å²) in [7, 11) is 0. The fourth-order valence-corrected chi connectivity index (χ4v) is 4.24. The first-order chi connectivity index (χ1) is 15.3. The van der Waals surface area contributed by atoms with Crippen LogP contribution in [0.25, 0.3) is 0 Å². The third kappa shape index (κ3) is 6.66. The van der Waals surface area contributed by atoms with Crippen LogP contribution in [0.15, 0.2) is 74.7 Å². The van der Waals surface area contributed by atoms with E-state index in [2.05, 4.69) is 47.7 Å². The summed E-state index contributed by atoms with van der Waals surface area (Å²) in [6, 6.07) is 17.5. The van der Waals surface area contributed by atoms with E-state index in [1.54, 1.807) is 36.4 Å². The summed E-state index contributed by atoms with van der Waals surface area (Å²) >= 11 is 12.7. The average Bonchev–Trinajstić information content (AvgIpc) is 2.75. The zero-order valence-electron chi connectivity index (χ0n) is 16.9. The maximum atomic E-state index is 12.2. The zero-order chi connectivity index (χ0) is 23.1. The van der Waals surface area contributed by atoms with Gasteiger partial charge in [0.2, 0.25) is 0 Å². The Morgan fingerprint density at radius 3 is 2.38 bits per heavy atom. The summed E-state index contributed by atoms with van der Waals surface area (Å²) in [5.41, 5.74) is 5.32. The van der Waals surface area contributed by atoms with Gasteiger partial charge in [0.15, 0.2) is 6.61 Å². The van der Waals surface area contributed by atoms with Crippen LogP contribution in [0.4, 0.5) is 5.69 Å². The molecule has 0 aliphatic heterocycles. The number of hydrogen-bond acceptors (Lipinski definition) is 4. The average molecular weight is 580 g/mol. The summed E-state index contributed by atoms with van der Waals surface area (Å²) in [5, 5.41) is 7.35. The van der Waals surface area contributed by atoms with Crippen LogP contribution in [0.3, 0.4) is 0 Å². The Kier molecular flexibility index (Phi) is 8.44. The molecule has 0 saturated heterocycles. The summed E-state index contributed by atoms with van der Waals surface area (Å²) in [6.07, 6.45) is 1.50. The van der Waals surface area contributed by atoms with Gasteiger partial charge in [-0.1, -0.05) is 29.8 Å². The van der Waals surface area contributed by atoms with Crippen molar-refractivity contribution < 1.29 is 14.3 Å². The standard InChI is InChI=1S/C23H18Br2ClN3O3/c1-14-4-2-3-5-20(14)28-21(30)13-32-22-18(24)10-15(11-19(22)25)12-27-29-23(31)16-6-8-17(26)9-7-16/h2-12H,13H2,1H3,(H,28,30)(H,29,31)/b27-12+. The second kappa shape index (κ2) is 11.3. The van der Waals surface area contributed by atoms with Crippen LogP contribution < -0.4 is 15.5 Å². The lowest BCUT2D eigenvalue weighted by atomic mass is 10.2. The van der Waals surface area contributed by atoms with Gasteiger partial charge in [0.1, 0.15) is 5.75 Å². The van der Waals surface area contributed by atoms with Crippen LogP contribution in [0.2, 0.25) is 5.02 Å². The number of ether oxygens (including phenoxy) is 1. The smallest absolute Gasteiger partial charge is 0.271 e. The number of nitrogens with one attached hydrogen (secondary N) is 2. The number of carbonyl (C=O) groups excluding carboxylic acids is 2. The molecule has 0 atom stereocenters. The van der Waals surface area contributed by atoms with Crippen molar-refractivity contribution in [1.29, 1.82) is 0 Å². The number of para-hydroxylation sites is 1. The minimum Gasteiger partial charge on any atom is -0.481 e. The molecule has 0 radical (unpaired) electrons. The fourth-order valence-electron chi connectivity index (χ4n) is 2.66. The second-order valence-electron chi connectivity index (χ2n) is 6.67. The van der Waals surface area contributed by atoms with E-state index in [1.165, 1.54) is 6.21 Å². The molecule has 0 aliphatic carbocycles. The summed E-state index contributed by atoms with van der Waals surface area (Å²) < 4.78 is 6.93. The minimum absolute atomic E-state index is 0.157. The highest BCUT2D eigenvalue weighted by Crippen LogP contribution is 2.34. The molecule has 2 N–H and O–H groups in total. The highest BCUT2D eigenvalue weighted by molar-refractivity contribution is 9.11. The maximum absolute atomic E-state index is 12.2. The molecular weight excluding hydrogens is 562 g/mol. The summed E-state index contributed by atoms with van der Waals surface area (Å²) in [6.45, 7) is 1.76. The Bertz CT molecular complexity index is 1140. The number of nitrogens with zero attached hydrogens (tertiary/aromatic N) is 1. The highest BCUT2D eigenvalue weighted by Gasteiger charge is 2.12. The summed E-state index contributed by atoms with van der Waals surface area (Å²) in [5.74, 6) is -0.142. The summed E-state index contributed by atoms with van der Waals surface area (Å²) in [4.78, 5) is 24.3. The second-order valence-corrected chi connectivity index (χ2v) is 8.82. The number of rotatable bonds is 7. The predicted octanol–water partition coefficient (Wildman–Crippen LogP) is 5.95. The Morgan fingerprint density at radius 2 is 1.72 bits per heavy atom. The molecule has 0 saturated carbocycles. The maximum Gasteiger partial charge on any atom is 0.271 e. The molecular formula is C23H18Br2ClN3O3. The molecule has 3 rings (SSSR count). The Balaban J connectivity index is 1.59. The van der Waals surface area contributed by atoms with Gasteiger partial charge in [0.05, 0.1) is 15.2 Å². The van der Waals surface area contributed by atoms with Crippen LogP contribution in [0.1, 0.15) is 21.5 Å². The van der Waals surface area contributed by atoms with Crippen LogP contribution in [-0.4, -0.2) is 24.6 Å². The topological polar surface area (TPSA) is 79.8 Å². The Morgan fingerprint density at radius 1 is 1.06 bits per heavy atom. The molecule has 3 aromatic carbocycles. The zero-order valence-corrected chi connectivity index (χ0v) is 20.8. The van der Waals surface area contributed by atoms with Gasteiger partial charge in [-0.25, -0.2) is 5.43 Å². The molecule has 0 heterocycles. The van der Waals surface area contributed by atoms with Gasteiger partial charge >= 0.3 is 0 Å². The SMILES string of the molecule is Cc1ccccc1NC(=O)COc1c(Br)cc(/C=N/NC(=O)c2ccc(Cl)cc2)cc1Br. The van der Waals surface area contributed by atoms with Crippen molar-refractivity contribution in [2.75, 3.05) is 11.9 Å². The molecule has 3 aromatic rings. The fraction of sp³-hybridized carbons (Fsp3) is 0.0870. The molecule has 0 spiro atoms. The third-order valence-corrected chi connectivity index (χ3v) is 5.70. The van der Waals surface area contributed by atoms with Crippen molar-refractivity contribution >= 4 is 67.2 Å². The van der Waals surface area contributed by atoms with Gasteiger partial charge in [-0.15, -0.1) is 0 Å². The van der Waals surface area contributed by atoms with Gasteiger partial charge in [-0.3, -0.25) is 9.59 Å². The van der Waals surface area contributed by atoms with E-state index in [0.29, 0.717) is 30.8 Å². The molecule has 0 unspecified atom stereocenters. The van der Waals surface area contributed by atoms with Gasteiger partial charge in [0.25, 0.3) is 11.8 Å². The van der Waals surface area contributed by atoms with Gasteiger partial charge < -0.3 is 10.1 Å². The number of amides is 2. The van der Waals surface area contributed by atoms with E-state index in [0.717, 1.165) is 11.3 Å². The lowest BCUT2D eigenvalue weighted by molar-refractivity contribution is -0.118. The van der Waals surface area contributed by atoms with Crippen molar-refractivity contribution in [2.24, 2.45) is 5.10 Å². The molecule has 6 nitrogen and oxygen atoms in total. The highest BCUT2D eigenvalue weighted by atomic mass is 79.9. The largest absolute Gasteiger partial charge is 0.481 e. The number of aryl methyl sites for hydroxylation is 1. The van der Waals surface area contributed by atoms with E-state index in [-0.39, 0.29) is 18.4 Å². The van der Waals surface area contributed by atoms with E-state index >= 15 is 0 Å². The van der Waals surface area contributed by atoms with Crippen molar-refractivity contribution in [3.05, 3.63) is 91.3 Å². The predicted molar refractivity (Wildman–Crippen MR) is 134 cm³/mol. The molecule has 164 valence electrons. The van der Waals surface area contributed by atoms with Crippen LogP contribution in [0, 0.1) is 6.92 Å². The molecule has 0 bridgehead atoms. The van der Waals surface area contributed by atoms with Gasteiger partial charge in [-0.05, 0) is 92.4 Å². The molecule has 9 heteroatoms. The quantitative estimate of drug-likeness (QED) is 0.268. The number of hydrogen-bond donors (Lipinski definition) is 2. The first-order valence-corrected chi connectivity index (χ1v) is 11.4. The lowest BCUT2D eigenvalue weighted by Gasteiger charge is -2.12. The first kappa shape index (κ1) is 24.0. The minimum atomic E-state index is -0.351. The monoisotopic (exact) mass is 577 g/mol. The van der Waals surface area contributed by atoms with Gasteiger partial charge in [-0.2, -0.15) is 5.10 Å². The third-order valence-electron chi connectivity index (χ3n) is 4.27. The van der Waals surface area contributed by atoms with E-state index in [9.17, 15) is 9.59 Å². The molecule has 0 aliphatic rings. The number of hydrazone groups is 1. The molecule has 32 heavy (non-hydrogen) atoms. The number of halogens is 3. The van der Waals surface area contributed by atoms with E-state index in [4.69, 9.17) is 16.3 Å². The van der Waals surface area contributed by atoms with Crippen molar-refractivity contribution in [3.63, 3.8) is 0 Å². The number of carbonyl (C=O) groups is 2. The van der Waals surface area contributed by atoms with Crippen molar-refractivity contribution in [3.8, 4) is 5.75 Å². The first-order valence-electron chi connectivity index (χ1n) is 9.40. The van der Waals surface area contributed by atoms with Crippen molar-refractivity contribution in [2.45, 2.75) is 6.92 Å². The number of benzene rings is 3. The normalized spacial score (nSPS) is 10.8. The molecule has 2 amide bonds. The lowest BCUT2D eigenvalue weighted by Crippen LogP contribution is -2.21. The van der Waals surface area contributed by atoms with E-state index in [1.807, 2.05) is 31.2 Å². The Hall–Kier alpha value is -2.68. The van der Waals surface area contributed by atoms with Crippen molar-refractivity contribution in [1.82, 2.24) is 5.43 Å². The van der Waals surface area contributed by atoms with E-state index < -0.39 is 0 Å². The molecule has 0 aromatic heterocycles. The number of anilines is 1.